The van der Waals surface area contributed by atoms with Gasteiger partial charge in [-0.25, -0.2) is 4.79 Å². The number of amides is 1. The zero-order valence-electron chi connectivity index (χ0n) is 15.1. The van der Waals surface area contributed by atoms with Crippen LogP contribution in [0.4, 0.5) is 16.2 Å². The van der Waals surface area contributed by atoms with Crippen molar-refractivity contribution in [3.05, 3.63) is 59.2 Å². The molecule has 0 aliphatic heterocycles. The molecule has 2 aromatic rings. The van der Waals surface area contributed by atoms with Gasteiger partial charge in [0.25, 0.3) is 0 Å². The van der Waals surface area contributed by atoms with Crippen LogP contribution in [0.5, 0.6) is 0 Å². The number of hydrogen-bond donors (Lipinski definition) is 2. The van der Waals surface area contributed by atoms with E-state index in [-0.39, 0.29) is 0 Å². The van der Waals surface area contributed by atoms with E-state index in [0.717, 1.165) is 12.2 Å². The molecule has 0 atom stereocenters. The van der Waals surface area contributed by atoms with E-state index in [9.17, 15) is 4.79 Å². The Morgan fingerprint density at radius 2 is 1.62 bits per heavy atom. The largest absolute Gasteiger partial charge is 0.444 e. The van der Waals surface area contributed by atoms with Crippen LogP contribution in [0.15, 0.2) is 42.5 Å². The molecule has 0 saturated carbocycles. The van der Waals surface area contributed by atoms with Crippen LogP contribution >= 0.6 is 0 Å². The van der Waals surface area contributed by atoms with Gasteiger partial charge in [-0.3, -0.25) is 5.32 Å². The fourth-order valence-corrected chi connectivity index (χ4v) is 2.50. The predicted octanol–water partition coefficient (Wildman–Crippen LogP) is 5.26. The molecule has 2 aromatic carbocycles. The number of rotatable bonds is 4. The molecule has 0 fully saturated rings. The maximum absolute atomic E-state index is 11.8. The summed E-state index contributed by atoms with van der Waals surface area (Å²) in [6.45, 7) is 10.5. The number of ether oxygens (including phenoxy) is 1. The minimum atomic E-state index is -0.511. The lowest BCUT2D eigenvalue weighted by molar-refractivity contribution is 0.0636. The molecule has 24 heavy (non-hydrogen) atoms. The molecule has 0 unspecified atom stereocenters. The van der Waals surface area contributed by atoms with Crippen molar-refractivity contribution in [1.29, 1.82) is 0 Å². The van der Waals surface area contributed by atoms with Crippen LogP contribution in [0.1, 0.15) is 37.5 Å². The van der Waals surface area contributed by atoms with E-state index >= 15 is 0 Å². The van der Waals surface area contributed by atoms with Gasteiger partial charge in [-0.1, -0.05) is 35.4 Å². The molecule has 2 rings (SSSR count). The number of carbonyl (C=O) groups is 1. The minimum Gasteiger partial charge on any atom is -0.444 e. The molecule has 128 valence electrons. The van der Waals surface area contributed by atoms with Crippen LogP contribution in [0, 0.1) is 13.8 Å². The topological polar surface area (TPSA) is 50.4 Å². The fourth-order valence-electron chi connectivity index (χ4n) is 2.50. The van der Waals surface area contributed by atoms with Gasteiger partial charge in [0, 0.05) is 17.9 Å². The molecule has 4 heteroatoms. The van der Waals surface area contributed by atoms with Crippen molar-refractivity contribution < 1.29 is 9.53 Å². The molecular weight excluding hydrogens is 300 g/mol. The maximum atomic E-state index is 11.8. The van der Waals surface area contributed by atoms with Gasteiger partial charge in [0.2, 0.25) is 0 Å². The lowest BCUT2D eigenvalue weighted by atomic mass is 10.1. The number of nitrogens with one attached hydrogen (secondary N) is 2. The number of aryl methyl sites for hydroxylation is 2. The number of hydrogen-bond acceptors (Lipinski definition) is 3. The third kappa shape index (κ3) is 5.95. The van der Waals surface area contributed by atoms with Gasteiger partial charge in [0.1, 0.15) is 5.60 Å². The fraction of sp³-hybridized carbons (Fsp3) is 0.350. The molecule has 0 aliphatic carbocycles. The third-order valence-electron chi connectivity index (χ3n) is 3.29. The summed E-state index contributed by atoms with van der Waals surface area (Å²) < 4.78 is 5.27. The molecule has 0 heterocycles. The van der Waals surface area contributed by atoms with Gasteiger partial charge in [0.15, 0.2) is 0 Å². The van der Waals surface area contributed by atoms with Crippen molar-refractivity contribution in [3.63, 3.8) is 0 Å². The molecule has 0 radical (unpaired) electrons. The average Bonchev–Trinajstić information content (AvgIpc) is 2.42. The zero-order chi connectivity index (χ0) is 17.7. The summed E-state index contributed by atoms with van der Waals surface area (Å²) in [6, 6.07) is 14.1. The highest BCUT2D eigenvalue weighted by molar-refractivity contribution is 5.85. The first-order valence-electron chi connectivity index (χ1n) is 8.12. The Labute approximate surface area is 144 Å². The molecule has 0 saturated heterocycles. The van der Waals surface area contributed by atoms with E-state index in [4.69, 9.17) is 4.74 Å². The second kappa shape index (κ2) is 7.39. The highest BCUT2D eigenvalue weighted by atomic mass is 16.6. The lowest BCUT2D eigenvalue weighted by Gasteiger charge is -2.19. The molecule has 0 aromatic heterocycles. The molecule has 1 amide bonds. The summed E-state index contributed by atoms with van der Waals surface area (Å²) in [5.41, 5.74) is 4.89. The first-order chi connectivity index (χ1) is 11.2. The number of benzene rings is 2. The second-order valence-electron chi connectivity index (χ2n) is 7.06. The normalized spacial score (nSPS) is 11.0. The van der Waals surface area contributed by atoms with Gasteiger partial charge in [-0.15, -0.1) is 0 Å². The van der Waals surface area contributed by atoms with Crippen molar-refractivity contribution in [2.45, 2.75) is 46.8 Å². The van der Waals surface area contributed by atoms with E-state index in [1.54, 1.807) is 0 Å². The van der Waals surface area contributed by atoms with Crippen LogP contribution in [0.25, 0.3) is 0 Å². The molecular formula is C20H26N2O2. The summed E-state index contributed by atoms with van der Waals surface area (Å²) >= 11 is 0. The van der Waals surface area contributed by atoms with Crippen LogP contribution in [0.2, 0.25) is 0 Å². The number of carbonyl (C=O) groups excluding carboxylic acids is 1. The molecule has 2 N–H and O–H groups in total. The third-order valence-corrected chi connectivity index (χ3v) is 3.29. The summed E-state index contributed by atoms with van der Waals surface area (Å²) in [7, 11) is 0. The van der Waals surface area contributed by atoms with Crippen molar-refractivity contribution in [1.82, 2.24) is 0 Å². The van der Waals surface area contributed by atoms with Gasteiger partial charge in [-0.05, 0) is 58.4 Å². The number of anilines is 2. The standard InChI is InChI=1S/C20H26N2O2/c1-14-9-15(2)11-16(10-14)13-21-17-7-6-8-18(12-17)22-19(23)24-20(3,4)5/h6-12,21H,13H2,1-5H3,(H,22,23). The van der Waals surface area contributed by atoms with E-state index in [1.807, 2.05) is 45.0 Å². The summed E-state index contributed by atoms with van der Waals surface area (Å²) in [5, 5.41) is 6.14. The molecule has 0 spiro atoms. The van der Waals surface area contributed by atoms with Crippen molar-refractivity contribution in [3.8, 4) is 0 Å². The van der Waals surface area contributed by atoms with Crippen LogP contribution in [-0.4, -0.2) is 11.7 Å². The Bertz CT molecular complexity index is 698. The van der Waals surface area contributed by atoms with Gasteiger partial charge < -0.3 is 10.1 Å². The zero-order valence-corrected chi connectivity index (χ0v) is 15.1. The highest BCUT2D eigenvalue weighted by Gasteiger charge is 2.16. The van der Waals surface area contributed by atoms with Crippen molar-refractivity contribution >= 4 is 17.5 Å². The summed E-state index contributed by atoms with van der Waals surface area (Å²) in [5.74, 6) is 0. The van der Waals surface area contributed by atoms with Gasteiger partial charge in [0.05, 0.1) is 0 Å². The van der Waals surface area contributed by atoms with Gasteiger partial charge in [-0.2, -0.15) is 0 Å². The smallest absolute Gasteiger partial charge is 0.412 e. The molecule has 4 nitrogen and oxygen atoms in total. The maximum Gasteiger partial charge on any atom is 0.412 e. The second-order valence-corrected chi connectivity index (χ2v) is 7.06. The van der Waals surface area contributed by atoms with Crippen LogP contribution < -0.4 is 10.6 Å². The van der Waals surface area contributed by atoms with E-state index in [1.165, 1.54) is 16.7 Å². The molecule has 0 bridgehead atoms. The van der Waals surface area contributed by atoms with Crippen LogP contribution in [0.3, 0.4) is 0 Å². The Balaban J connectivity index is 1.98. The first-order valence-corrected chi connectivity index (χ1v) is 8.12. The SMILES string of the molecule is Cc1cc(C)cc(CNc2cccc(NC(=O)OC(C)(C)C)c2)c1. The Hall–Kier alpha value is -2.49. The Morgan fingerprint density at radius 3 is 2.25 bits per heavy atom. The predicted molar refractivity (Wildman–Crippen MR) is 99.5 cm³/mol. The average molecular weight is 326 g/mol. The van der Waals surface area contributed by atoms with Crippen LogP contribution in [-0.2, 0) is 11.3 Å². The summed E-state index contributed by atoms with van der Waals surface area (Å²) in [4.78, 5) is 11.8. The Kier molecular flexibility index (Phi) is 5.50. The quantitative estimate of drug-likeness (QED) is 0.805. The van der Waals surface area contributed by atoms with Gasteiger partial charge >= 0.3 is 6.09 Å². The van der Waals surface area contributed by atoms with E-state index in [0.29, 0.717) is 5.69 Å². The highest BCUT2D eigenvalue weighted by Crippen LogP contribution is 2.18. The van der Waals surface area contributed by atoms with Crippen molar-refractivity contribution in [2.75, 3.05) is 10.6 Å². The summed E-state index contributed by atoms with van der Waals surface area (Å²) in [6.07, 6.45) is -0.450. The Morgan fingerprint density at radius 1 is 1.00 bits per heavy atom. The lowest BCUT2D eigenvalue weighted by Crippen LogP contribution is -2.27. The first kappa shape index (κ1) is 17.9. The van der Waals surface area contributed by atoms with E-state index in [2.05, 4.69) is 42.7 Å². The monoisotopic (exact) mass is 326 g/mol. The molecule has 0 aliphatic rings. The van der Waals surface area contributed by atoms with Crippen molar-refractivity contribution in [2.24, 2.45) is 0 Å². The minimum absolute atomic E-state index is 0.450. The van der Waals surface area contributed by atoms with E-state index < -0.39 is 11.7 Å².